The smallest absolute Gasteiger partial charge is 0.236 e. The van der Waals surface area contributed by atoms with Crippen LogP contribution in [-0.4, -0.2) is 17.4 Å². The number of carbonyl (C=O) groups excluding carboxylic acids is 1. The van der Waals surface area contributed by atoms with E-state index < -0.39 is 0 Å². The molecule has 0 fully saturated rings. The third kappa shape index (κ3) is 4.55. The van der Waals surface area contributed by atoms with Gasteiger partial charge in [0, 0.05) is 6.54 Å². The Kier molecular flexibility index (Phi) is 7.60. The van der Waals surface area contributed by atoms with Gasteiger partial charge in [-0.05, 0) is 48.5 Å². The average molecular weight is 444 g/mol. The Hall–Kier alpha value is -1.93. The van der Waals surface area contributed by atoms with E-state index in [-0.39, 0.29) is 48.6 Å². The molecule has 1 aromatic carbocycles. The lowest BCUT2D eigenvalue weighted by molar-refractivity contribution is -0.115. The molecule has 0 saturated heterocycles. The van der Waals surface area contributed by atoms with Crippen molar-refractivity contribution < 1.29 is 13.6 Å². The summed E-state index contributed by atoms with van der Waals surface area (Å²) in [7, 11) is 0. The average Bonchev–Trinajstić information content (AvgIpc) is 3.28. The Morgan fingerprint density at radius 2 is 2.18 bits per heavy atom. The van der Waals surface area contributed by atoms with Crippen LogP contribution in [0.3, 0.4) is 0 Å². The molecule has 0 spiro atoms. The number of hydrogen-bond acceptors (Lipinski definition) is 5. The molecule has 0 bridgehead atoms. The van der Waals surface area contributed by atoms with Crippen LogP contribution < -0.4 is 10.6 Å². The van der Waals surface area contributed by atoms with Gasteiger partial charge in [-0.1, -0.05) is 12.1 Å². The number of fused-ring (bicyclic) bond motifs is 1. The molecule has 28 heavy (non-hydrogen) atoms. The van der Waals surface area contributed by atoms with Crippen LogP contribution in [0.25, 0.3) is 10.8 Å². The third-order valence-corrected chi connectivity index (χ3v) is 5.29. The maximum atomic E-state index is 14.6. The quantitative estimate of drug-likeness (QED) is 0.621. The van der Waals surface area contributed by atoms with Crippen molar-refractivity contribution >= 4 is 47.7 Å². The highest BCUT2D eigenvalue weighted by molar-refractivity contribution is 7.13. The van der Waals surface area contributed by atoms with Crippen LogP contribution in [0.5, 0.6) is 0 Å². The lowest BCUT2D eigenvalue weighted by atomic mass is 9.99. The van der Waals surface area contributed by atoms with Crippen molar-refractivity contribution in [2.45, 2.75) is 26.3 Å². The summed E-state index contributed by atoms with van der Waals surface area (Å²) in [6.45, 7) is 3.17. The van der Waals surface area contributed by atoms with Gasteiger partial charge in [0.25, 0.3) is 0 Å². The normalized spacial score (nSPS) is 12.5. The molecule has 0 unspecified atom stereocenters. The SMILES string of the molecule is Cc1oc(-c2cccs2)nc1CC(=O)Nc1ccc2c(c1F)CCNC2.Cl.Cl. The first-order valence-electron chi connectivity index (χ1n) is 8.43. The summed E-state index contributed by atoms with van der Waals surface area (Å²) in [5.41, 5.74) is 2.41. The van der Waals surface area contributed by atoms with E-state index in [1.165, 1.54) is 11.3 Å². The molecule has 4 rings (SSSR count). The zero-order valence-corrected chi connectivity index (χ0v) is 17.5. The molecule has 1 aliphatic rings. The first-order chi connectivity index (χ1) is 12.6. The van der Waals surface area contributed by atoms with Crippen molar-refractivity contribution in [2.24, 2.45) is 0 Å². The zero-order chi connectivity index (χ0) is 18.1. The fourth-order valence-corrected chi connectivity index (χ4v) is 3.72. The summed E-state index contributed by atoms with van der Waals surface area (Å²) in [4.78, 5) is 17.7. The number of amides is 1. The molecule has 150 valence electrons. The number of aryl methyl sites for hydroxylation is 1. The number of anilines is 1. The van der Waals surface area contributed by atoms with E-state index in [2.05, 4.69) is 15.6 Å². The van der Waals surface area contributed by atoms with Crippen molar-refractivity contribution in [2.75, 3.05) is 11.9 Å². The van der Waals surface area contributed by atoms with E-state index >= 15 is 0 Å². The van der Waals surface area contributed by atoms with Gasteiger partial charge in [0.05, 0.1) is 22.7 Å². The summed E-state index contributed by atoms with van der Waals surface area (Å²) >= 11 is 1.52. The number of hydrogen-bond donors (Lipinski definition) is 2. The second-order valence-corrected chi connectivity index (χ2v) is 7.16. The number of thiophene rings is 1. The van der Waals surface area contributed by atoms with E-state index in [0.29, 0.717) is 35.9 Å². The fraction of sp³-hybridized carbons (Fsp3) is 0.263. The van der Waals surface area contributed by atoms with Crippen molar-refractivity contribution in [1.29, 1.82) is 0 Å². The molecule has 5 nitrogen and oxygen atoms in total. The molecule has 0 aliphatic carbocycles. The predicted molar refractivity (Wildman–Crippen MR) is 113 cm³/mol. The van der Waals surface area contributed by atoms with Gasteiger partial charge < -0.3 is 15.1 Å². The Balaban J connectivity index is 0.00000140. The minimum Gasteiger partial charge on any atom is -0.440 e. The van der Waals surface area contributed by atoms with Gasteiger partial charge in [-0.2, -0.15) is 0 Å². The molecule has 2 aromatic heterocycles. The van der Waals surface area contributed by atoms with Crippen LogP contribution in [0.1, 0.15) is 22.6 Å². The number of nitrogens with zero attached hydrogens (tertiary/aromatic N) is 1. The molecular formula is C19H20Cl2FN3O2S. The highest BCUT2D eigenvalue weighted by Gasteiger charge is 2.19. The molecule has 2 N–H and O–H groups in total. The maximum absolute atomic E-state index is 14.6. The largest absolute Gasteiger partial charge is 0.440 e. The number of rotatable bonds is 4. The van der Waals surface area contributed by atoms with Crippen molar-refractivity contribution in [3.8, 4) is 10.8 Å². The number of aromatic nitrogens is 1. The number of nitrogens with one attached hydrogen (secondary N) is 2. The topological polar surface area (TPSA) is 67.2 Å². The van der Waals surface area contributed by atoms with Crippen molar-refractivity contribution in [1.82, 2.24) is 10.3 Å². The van der Waals surface area contributed by atoms with Crippen LogP contribution in [0.2, 0.25) is 0 Å². The molecule has 3 aromatic rings. The Morgan fingerprint density at radius 1 is 1.36 bits per heavy atom. The van der Waals surface area contributed by atoms with Crippen LogP contribution >= 0.6 is 36.2 Å². The molecular weight excluding hydrogens is 424 g/mol. The zero-order valence-electron chi connectivity index (χ0n) is 15.1. The molecule has 0 atom stereocenters. The summed E-state index contributed by atoms with van der Waals surface area (Å²) in [6, 6.07) is 7.31. The summed E-state index contributed by atoms with van der Waals surface area (Å²) in [5.74, 6) is 0.453. The first-order valence-corrected chi connectivity index (χ1v) is 9.31. The van der Waals surface area contributed by atoms with Crippen LogP contribution in [0.4, 0.5) is 10.1 Å². The van der Waals surface area contributed by atoms with Gasteiger partial charge in [-0.25, -0.2) is 9.37 Å². The Bertz CT molecular complexity index is 960. The van der Waals surface area contributed by atoms with Crippen molar-refractivity contribution in [3.63, 3.8) is 0 Å². The first kappa shape index (κ1) is 22.4. The minimum atomic E-state index is -0.339. The molecule has 1 amide bonds. The van der Waals surface area contributed by atoms with E-state index in [1.54, 1.807) is 13.0 Å². The summed E-state index contributed by atoms with van der Waals surface area (Å²) in [6.07, 6.45) is 0.663. The number of carbonyl (C=O) groups is 1. The second-order valence-electron chi connectivity index (χ2n) is 6.22. The second kappa shape index (κ2) is 9.52. The van der Waals surface area contributed by atoms with Gasteiger partial charge in [-0.3, -0.25) is 4.79 Å². The maximum Gasteiger partial charge on any atom is 0.236 e. The molecule has 0 radical (unpaired) electrons. The molecule has 3 heterocycles. The molecule has 1 aliphatic heterocycles. The molecule has 0 saturated carbocycles. The Labute approximate surface area is 178 Å². The van der Waals surface area contributed by atoms with Crippen LogP contribution in [-0.2, 0) is 24.2 Å². The van der Waals surface area contributed by atoms with Crippen LogP contribution in [0.15, 0.2) is 34.1 Å². The molecule has 9 heteroatoms. The van der Waals surface area contributed by atoms with Gasteiger partial charge in [0.15, 0.2) is 0 Å². The van der Waals surface area contributed by atoms with Gasteiger partial charge >= 0.3 is 0 Å². The standard InChI is InChI=1S/C19H18FN3O2S.2ClH/c1-11-15(23-19(25-11)16-3-2-8-26-16)9-17(24)22-14-5-4-12-10-21-7-6-13(12)18(14)20;;/h2-5,8,21H,6-7,9-10H2,1H3,(H,22,24);2*1H. The lowest BCUT2D eigenvalue weighted by Crippen LogP contribution is -2.25. The van der Waals surface area contributed by atoms with Gasteiger partial charge in [-0.15, -0.1) is 36.2 Å². The highest BCUT2D eigenvalue weighted by Crippen LogP contribution is 2.27. The Morgan fingerprint density at radius 3 is 2.93 bits per heavy atom. The van der Waals surface area contributed by atoms with Gasteiger partial charge in [0.1, 0.15) is 11.6 Å². The van der Waals surface area contributed by atoms with E-state index in [4.69, 9.17) is 4.42 Å². The minimum absolute atomic E-state index is 0. The van der Waals surface area contributed by atoms with E-state index in [0.717, 1.165) is 17.0 Å². The van der Waals surface area contributed by atoms with Crippen molar-refractivity contribution in [3.05, 3.63) is 58.0 Å². The summed E-state index contributed by atoms with van der Waals surface area (Å²) < 4.78 is 20.3. The lowest BCUT2D eigenvalue weighted by Gasteiger charge is -2.19. The van der Waals surface area contributed by atoms with E-state index in [1.807, 2.05) is 23.6 Å². The third-order valence-electron chi connectivity index (χ3n) is 4.43. The monoisotopic (exact) mass is 443 g/mol. The summed E-state index contributed by atoms with van der Waals surface area (Å²) in [5, 5.41) is 7.82. The number of oxazole rings is 1. The van der Waals surface area contributed by atoms with E-state index in [9.17, 15) is 9.18 Å². The van der Waals surface area contributed by atoms with Gasteiger partial charge in [0.2, 0.25) is 11.8 Å². The number of benzene rings is 1. The number of halogens is 3. The van der Waals surface area contributed by atoms with Crippen LogP contribution in [0, 0.1) is 12.7 Å². The predicted octanol–water partition coefficient (Wildman–Crippen LogP) is 4.52. The fourth-order valence-electron chi connectivity index (χ4n) is 3.07. The highest BCUT2D eigenvalue weighted by atomic mass is 35.5.